The van der Waals surface area contributed by atoms with Crippen LogP contribution in [0, 0.1) is 0 Å². The van der Waals surface area contributed by atoms with Crippen molar-refractivity contribution in [2.75, 3.05) is 14.2 Å². The fourth-order valence-electron chi connectivity index (χ4n) is 2.13. The Bertz CT molecular complexity index is 785. The molecule has 0 saturated carbocycles. The molecule has 132 valence electrons. The number of rotatable bonds is 5. The number of carbonyl (C=O) groups is 1. The van der Waals surface area contributed by atoms with Crippen LogP contribution in [0.25, 0.3) is 6.08 Å². The zero-order valence-electron chi connectivity index (χ0n) is 13.4. The summed E-state index contributed by atoms with van der Waals surface area (Å²) in [6.45, 7) is 0. The second-order valence-electron chi connectivity index (χ2n) is 5.05. The van der Waals surface area contributed by atoms with Gasteiger partial charge < -0.3 is 14.6 Å². The molecule has 0 aliphatic rings. The van der Waals surface area contributed by atoms with E-state index in [9.17, 15) is 23.1 Å². The summed E-state index contributed by atoms with van der Waals surface area (Å²) in [5, 5.41) is 9.83. The second kappa shape index (κ2) is 7.29. The summed E-state index contributed by atoms with van der Waals surface area (Å²) >= 11 is 0. The van der Waals surface area contributed by atoms with Gasteiger partial charge in [0.2, 0.25) is 5.75 Å². The number of alkyl halides is 3. The van der Waals surface area contributed by atoms with Crippen molar-refractivity contribution in [3.05, 3.63) is 59.2 Å². The van der Waals surface area contributed by atoms with E-state index in [1.807, 2.05) is 0 Å². The Kier molecular flexibility index (Phi) is 5.36. The Morgan fingerprint density at radius 3 is 2.20 bits per heavy atom. The molecule has 25 heavy (non-hydrogen) atoms. The van der Waals surface area contributed by atoms with Crippen molar-refractivity contribution in [2.45, 2.75) is 6.18 Å². The van der Waals surface area contributed by atoms with Crippen LogP contribution in [0.4, 0.5) is 13.2 Å². The summed E-state index contributed by atoms with van der Waals surface area (Å²) in [5.41, 5.74) is -0.490. The van der Waals surface area contributed by atoms with Crippen molar-refractivity contribution < 1.29 is 32.5 Å². The van der Waals surface area contributed by atoms with Crippen molar-refractivity contribution in [2.24, 2.45) is 0 Å². The minimum absolute atomic E-state index is 0.0798. The number of benzene rings is 2. The third kappa shape index (κ3) is 4.32. The molecule has 0 aliphatic carbocycles. The van der Waals surface area contributed by atoms with Crippen LogP contribution in [0.5, 0.6) is 17.2 Å². The van der Waals surface area contributed by atoms with Crippen molar-refractivity contribution in [1.82, 2.24) is 0 Å². The van der Waals surface area contributed by atoms with Crippen LogP contribution in [-0.2, 0) is 6.18 Å². The largest absolute Gasteiger partial charge is 0.502 e. The van der Waals surface area contributed by atoms with Crippen LogP contribution in [-0.4, -0.2) is 25.1 Å². The highest BCUT2D eigenvalue weighted by molar-refractivity contribution is 6.07. The van der Waals surface area contributed by atoms with Gasteiger partial charge in [-0.1, -0.05) is 18.2 Å². The molecule has 0 saturated heterocycles. The smallest absolute Gasteiger partial charge is 0.416 e. The van der Waals surface area contributed by atoms with E-state index in [0.717, 1.165) is 18.2 Å². The molecule has 0 aromatic heterocycles. The van der Waals surface area contributed by atoms with E-state index >= 15 is 0 Å². The fraction of sp³-hybridized carbons (Fsp3) is 0.167. The first-order valence-corrected chi connectivity index (χ1v) is 7.11. The van der Waals surface area contributed by atoms with Gasteiger partial charge in [0.25, 0.3) is 0 Å². The lowest BCUT2D eigenvalue weighted by molar-refractivity contribution is -0.137. The van der Waals surface area contributed by atoms with E-state index in [1.165, 1.54) is 44.6 Å². The predicted octanol–water partition coefficient (Wildman–Crippen LogP) is 4.32. The first-order valence-electron chi connectivity index (χ1n) is 7.11. The second-order valence-corrected chi connectivity index (χ2v) is 5.05. The quantitative estimate of drug-likeness (QED) is 0.643. The maximum absolute atomic E-state index is 12.7. The molecule has 2 aromatic carbocycles. The minimum Gasteiger partial charge on any atom is -0.502 e. The number of aromatic hydroxyl groups is 1. The monoisotopic (exact) mass is 352 g/mol. The molecule has 0 fully saturated rings. The molecule has 0 amide bonds. The van der Waals surface area contributed by atoms with E-state index < -0.39 is 17.5 Å². The standard InChI is InChI=1S/C18H15F3O4/c1-24-15-8-11(9-16(25-2)17(15)23)6-7-14(22)12-4-3-5-13(10-12)18(19,20)21/h3-10,23H,1-2H3. The van der Waals surface area contributed by atoms with Crippen molar-refractivity contribution >= 4 is 11.9 Å². The highest BCUT2D eigenvalue weighted by Crippen LogP contribution is 2.37. The first-order chi connectivity index (χ1) is 11.8. The molecule has 2 rings (SSSR count). The van der Waals surface area contributed by atoms with Crippen LogP contribution < -0.4 is 9.47 Å². The normalized spacial score (nSPS) is 11.6. The van der Waals surface area contributed by atoms with Crippen molar-refractivity contribution in [3.8, 4) is 17.2 Å². The van der Waals surface area contributed by atoms with E-state index in [0.29, 0.717) is 5.56 Å². The third-order valence-electron chi connectivity index (χ3n) is 3.40. The van der Waals surface area contributed by atoms with Gasteiger partial charge in [-0.25, -0.2) is 0 Å². The number of ether oxygens (including phenoxy) is 2. The molecule has 2 aromatic rings. The average Bonchev–Trinajstić information content (AvgIpc) is 2.59. The maximum atomic E-state index is 12.7. The average molecular weight is 352 g/mol. The van der Waals surface area contributed by atoms with Crippen LogP contribution in [0.1, 0.15) is 21.5 Å². The zero-order valence-corrected chi connectivity index (χ0v) is 13.4. The number of halogens is 3. The summed E-state index contributed by atoms with van der Waals surface area (Å²) in [5.74, 6) is -0.487. The molecule has 0 atom stereocenters. The topological polar surface area (TPSA) is 55.8 Å². The Labute approximate surface area is 142 Å². The molecule has 0 spiro atoms. The molecule has 4 nitrogen and oxygen atoms in total. The summed E-state index contributed by atoms with van der Waals surface area (Å²) < 4.78 is 48.1. The van der Waals surface area contributed by atoms with Gasteiger partial charge >= 0.3 is 6.18 Å². The summed E-state index contributed by atoms with van der Waals surface area (Å²) in [6, 6.07) is 7.11. The Balaban J connectivity index is 2.29. The molecule has 1 N–H and O–H groups in total. The maximum Gasteiger partial charge on any atom is 0.416 e. The lowest BCUT2D eigenvalue weighted by atomic mass is 10.1. The van der Waals surface area contributed by atoms with Gasteiger partial charge in [-0.2, -0.15) is 13.2 Å². The number of ketones is 1. The lowest BCUT2D eigenvalue weighted by Crippen LogP contribution is -2.06. The van der Waals surface area contributed by atoms with Gasteiger partial charge in [0.05, 0.1) is 19.8 Å². The molecule has 7 heteroatoms. The summed E-state index contributed by atoms with van der Waals surface area (Å²) in [6.07, 6.45) is -1.98. The number of carbonyl (C=O) groups excluding carboxylic acids is 1. The van der Waals surface area contributed by atoms with Gasteiger partial charge in [0.1, 0.15) is 0 Å². The van der Waals surface area contributed by atoms with Gasteiger partial charge in [0.15, 0.2) is 17.3 Å². The summed E-state index contributed by atoms with van der Waals surface area (Å²) in [7, 11) is 2.71. The summed E-state index contributed by atoms with van der Waals surface area (Å²) in [4.78, 5) is 12.1. The lowest BCUT2D eigenvalue weighted by Gasteiger charge is -2.09. The van der Waals surface area contributed by atoms with Gasteiger partial charge in [-0.15, -0.1) is 0 Å². The SMILES string of the molecule is COc1cc(C=CC(=O)c2cccc(C(F)(F)F)c2)cc(OC)c1O. The molecule has 0 bridgehead atoms. The minimum atomic E-state index is -4.52. The highest BCUT2D eigenvalue weighted by Gasteiger charge is 2.30. The molecule has 0 aliphatic heterocycles. The van der Waals surface area contributed by atoms with Crippen LogP contribution in [0.15, 0.2) is 42.5 Å². The Morgan fingerprint density at radius 1 is 1.08 bits per heavy atom. The van der Waals surface area contributed by atoms with Gasteiger partial charge in [-0.3, -0.25) is 4.79 Å². The molecule has 0 unspecified atom stereocenters. The van der Waals surface area contributed by atoms with Crippen molar-refractivity contribution in [3.63, 3.8) is 0 Å². The molecular weight excluding hydrogens is 337 g/mol. The zero-order chi connectivity index (χ0) is 18.6. The number of phenolic OH excluding ortho intramolecular Hbond substituents is 1. The Morgan fingerprint density at radius 2 is 1.68 bits per heavy atom. The Hall–Kier alpha value is -2.96. The molecule has 0 radical (unpaired) electrons. The van der Waals surface area contributed by atoms with Crippen LogP contribution >= 0.6 is 0 Å². The van der Waals surface area contributed by atoms with E-state index in [4.69, 9.17) is 9.47 Å². The van der Waals surface area contributed by atoms with Crippen LogP contribution in [0.3, 0.4) is 0 Å². The molecular formula is C18H15F3O4. The van der Waals surface area contributed by atoms with E-state index in [2.05, 4.69) is 0 Å². The van der Waals surface area contributed by atoms with Gasteiger partial charge in [-0.05, 0) is 35.9 Å². The van der Waals surface area contributed by atoms with Crippen LogP contribution in [0.2, 0.25) is 0 Å². The number of methoxy groups -OCH3 is 2. The molecule has 0 heterocycles. The number of hydrogen-bond acceptors (Lipinski definition) is 4. The number of allylic oxidation sites excluding steroid dienone is 1. The first kappa shape index (κ1) is 18.4. The van der Waals surface area contributed by atoms with Gasteiger partial charge in [0, 0.05) is 5.56 Å². The highest BCUT2D eigenvalue weighted by atomic mass is 19.4. The third-order valence-corrected chi connectivity index (χ3v) is 3.40. The number of hydrogen-bond donors (Lipinski definition) is 1. The predicted molar refractivity (Wildman–Crippen MR) is 86.0 cm³/mol. The van der Waals surface area contributed by atoms with E-state index in [1.54, 1.807) is 0 Å². The van der Waals surface area contributed by atoms with E-state index in [-0.39, 0.29) is 22.8 Å². The fourth-order valence-corrected chi connectivity index (χ4v) is 2.13. The van der Waals surface area contributed by atoms with Crippen molar-refractivity contribution in [1.29, 1.82) is 0 Å². The number of phenols is 1.